The van der Waals surface area contributed by atoms with Crippen LogP contribution >= 0.6 is 0 Å². The first-order chi connectivity index (χ1) is 12.6. The first-order valence-corrected chi connectivity index (χ1v) is 10.4. The predicted octanol–water partition coefficient (Wildman–Crippen LogP) is 4.22. The Morgan fingerprint density at radius 1 is 0.846 bits per heavy atom. The van der Waals surface area contributed by atoms with E-state index < -0.39 is 0 Å². The number of piperazine rings is 1. The van der Waals surface area contributed by atoms with Gasteiger partial charge >= 0.3 is 0 Å². The van der Waals surface area contributed by atoms with E-state index in [1.807, 2.05) is 17.0 Å². The van der Waals surface area contributed by atoms with E-state index >= 15 is 0 Å². The third kappa shape index (κ3) is 8.22. The number of benzene rings is 1. The minimum atomic E-state index is 0.346. The van der Waals surface area contributed by atoms with Crippen LogP contribution in [0.2, 0.25) is 0 Å². The third-order valence-corrected chi connectivity index (χ3v) is 5.40. The molecule has 1 amide bonds. The monoisotopic (exact) mass is 360 g/mol. The van der Waals surface area contributed by atoms with E-state index in [0.717, 1.165) is 45.4 Å². The number of hydrogen-bond donors (Lipinski definition) is 1. The fraction of sp³-hybridized carbons (Fsp3) is 0.682. The molecule has 1 aliphatic rings. The number of phenolic OH excluding ortho intramolecular Hbond substituents is 1. The fourth-order valence-corrected chi connectivity index (χ4v) is 3.54. The summed E-state index contributed by atoms with van der Waals surface area (Å²) < 4.78 is 0. The maximum absolute atomic E-state index is 12.1. The molecule has 1 N–H and O–H groups in total. The highest BCUT2D eigenvalue weighted by atomic mass is 16.3. The summed E-state index contributed by atoms with van der Waals surface area (Å²) in [5, 5.41) is 9.27. The lowest BCUT2D eigenvalue weighted by Gasteiger charge is -2.32. The standard InChI is InChI=1S/C22H36N2O2/c1-23-16-18-24(19-17-23)22(26)11-9-7-5-3-2-4-6-8-10-20-12-14-21(25)15-13-20/h12-15,25H,2-11,16-19H2,1H3. The van der Waals surface area contributed by atoms with E-state index in [2.05, 4.69) is 11.9 Å². The highest BCUT2D eigenvalue weighted by Gasteiger charge is 2.18. The number of amides is 1. The van der Waals surface area contributed by atoms with Gasteiger partial charge in [0.2, 0.25) is 5.91 Å². The Labute approximate surface area is 159 Å². The summed E-state index contributed by atoms with van der Waals surface area (Å²) in [6.45, 7) is 3.83. The second-order valence-corrected chi connectivity index (χ2v) is 7.68. The molecule has 0 aromatic heterocycles. The van der Waals surface area contributed by atoms with E-state index in [-0.39, 0.29) is 0 Å². The molecule has 2 rings (SSSR count). The zero-order valence-corrected chi connectivity index (χ0v) is 16.5. The van der Waals surface area contributed by atoms with E-state index in [0.29, 0.717) is 11.7 Å². The Balaban J connectivity index is 1.38. The zero-order chi connectivity index (χ0) is 18.6. The topological polar surface area (TPSA) is 43.8 Å². The van der Waals surface area contributed by atoms with Gasteiger partial charge in [0.25, 0.3) is 0 Å². The molecule has 0 bridgehead atoms. The molecule has 1 fully saturated rings. The molecule has 0 radical (unpaired) electrons. The van der Waals surface area contributed by atoms with Crippen molar-refractivity contribution in [1.29, 1.82) is 0 Å². The molecular weight excluding hydrogens is 324 g/mol. The SMILES string of the molecule is CN1CCN(C(=O)CCCCCCCCCCc2ccc(O)cc2)CC1. The number of aromatic hydroxyl groups is 1. The van der Waals surface area contributed by atoms with Gasteiger partial charge in [0, 0.05) is 32.6 Å². The summed E-state index contributed by atoms with van der Waals surface area (Å²) in [4.78, 5) is 16.5. The lowest BCUT2D eigenvalue weighted by Crippen LogP contribution is -2.47. The van der Waals surface area contributed by atoms with Gasteiger partial charge < -0.3 is 14.9 Å². The number of hydrogen-bond acceptors (Lipinski definition) is 3. The number of likely N-dealkylation sites (N-methyl/N-ethyl adjacent to an activating group) is 1. The molecular formula is C22H36N2O2. The second-order valence-electron chi connectivity index (χ2n) is 7.68. The van der Waals surface area contributed by atoms with Crippen molar-refractivity contribution in [3.63, 3.8) is 0 Å². The van der Waals surface area contributed by atoms with Crippen molar-refractivity contribution >= 4 is 5.91 Å². The van der Waals surface area contributed by atoms with Crippen LogP contribution < -0.4 is 0 Å². The van der Waals surface area contributed by atoms with Gasteiger partial charge in [-0.2, -0.15) is 0 Å². The molecule has 0 unspecified atom stereocenters. The van der Waals surface area contributed by atoms with Crippen molar-refractivity contribution < 1.29 is 9.90 Å². The summed E-state index contributed by atoms with van der Waals surface area (Å²) in [5.41, 5.74) is 1.31. The molecule has 4 heteroatoms. The highest BCUT2D eigenvalue weighted by molar-refractivity contribution is 5.76. The van der Waals surface area contributed by atoms with Gasteiger partial charge in [-0.3, -0.25) is 4.79 Å². The largest absolute Gasteiger partial charge is 0.508 e. The molecule has 0 spiro atoms. The van der Waals surface area contributed by atoms with Crippen LogP contribution in [0.25, 0.3) is 0 Å². The molecule has 0 atom stereocenters. The van der Waals surface area contributed by atoms with Crippen molar-refractivity contribution in [2.24, 2.45) is 0 Å². The van der Waals surface area contributed by atoms with Gasteiger partial charge in [0.05, 0.1) is 0 Å². The van der Waals surface area contributed by atoms with Crippen LogP contribution in [-0.4, -0.2) is 54.0 Å². The van der Waals surface area contributed by atoms with Gasteiger partial charge in [0.15, 0.2) is 0 Å². The van der Waals surface area contributed by atoms with E-state index in [4.69, 9.17) is 0 Å². The average Bonchev–Trinajstić information content (AvgIpc) is 2.65. The van der Waals surface area contributed by atoms with Crippen LogP contribution in [0, 0.1) is 0 Å². The van der Waals surface area contributed by atoms with Gasteiger partial charge in [-0.25, -0.2) is 0 Å². The first kappa shape index (κ1) is 20.8. The van der Waals surface area contributed by atoms with Crippen LogP contribution in [-0.2, 0) is 11.2 Å². The Kier molecular flexibility index (Phi) is 9.54. The van der Waals surface area contributed by atoms with E-state index in [9.17, 15) is 9.90 Å². The summed E-state index contributed by atoms with van der Waals surface area (Å²) in [5.74, 6) is 0.700. The molecule has 0 aliphatic carbocycles. The minimum Gasteiger partial charge on any atom is -0.508 e. The quantitative estimate of drug-likeness (QED) is 0.601. The molecule has 26 heavy (non-hydrogen) atoms. The maximum Gasteiger partial charge on any atom is 0.222 e. The number of unbranched alkanes of at least 4 members (excludes halogenated alkanes) is 7. The number of rotatable bonds is 11. The van der Waals surface area contributed by atoms with Crippen molar-refractivity contribution in [2.45, 2.75) is 64.2 Å². The number of phenols is 1. The van der Waals surface area contributed by atoms with Crippen molar-refractivity contribution in [2.75, 3.05) is 33.2 Å². The van der Waals surface area contributed by atoms with E-state index in [1.54, 1.807) is 12.1 Å². The molecule has 1 aromatic carbocycles. The number of aryl methyl sites for hydroxylation is 1. The molecule has 1 heterocycles. The van der Waals surface area contributed by atoms with Crippen LogP contribution in [0.1, 0.15) is 63.4 Å². The van der Waals surface area contributed by atoms with Crippen LogP contribution in [0.15, 0.2) is 24.3 Å². The zero-order valence-electron chi connectivity index (χ0n) is 16.5. The molecule has 1 saturated heterocycles. The van der Waals surface area contributed by atoms with Crippen molar-refractivity contribution in [3.05, 3.63) is 29.8 Å². The van der Waals surface area contributed by atoms with E-state index in [1.165, 1.54) is 50.5 Å². The Morgan fingerprint density at radius 2 is 1.38 bits per heavy atom. The summed E-state index contributed by atoms with van der Waals surface area (Å²) in [6.07, 6.45) is 11.7. The lowest BCUT2D eigenvalue weighted by molar-refractivity contribution is -0.132. The molecule has 4 nitrogen and oxygen atoms in total. The smallest absolute Gasteiger partial charge is 0.222 e. The normalized spacial score (nSPS) is 15.3. The third-order valence-electron chi connectivity index (χ3n) is 5.40. The Hall–Kier alpha value is -1.55. The number of nitrogens with zero attached hydrogens (tertiary/aromatic N) is 2. The van der Waals surface area contributed by atoms with Crippen LogP contribution in [0.4, 0.5) is 0 Å². The summed E-state index contributed by atoms with van der Waals surface area (Å²) >= 11 is 0. The van der Waals surface area contributed by atoms with Crippen LogP contribution in [0.3, 0.4) is 0 Å². The molecule has 146 valence electrons. The first-order valence-electron chi connectivity index (χ1n) is 10.4. The molecule has 1 aromatic rings. The summed E-state index contributed by atoms with van der Waals surface area (Å²) in [7, 11) is 2.12. The second kappa shape index (κ2) is 11.9. The molecule has 0 saturated carbocycles. The van der Waals surface area contributed by atoms with Gasteiger partial charge in [-0.1, -0.05) is 50.7 Å². The van der Waals surface area contributed by atoms with Crippen molar-refractivity contribution in [1.82, 2.24) is 9.80 Å². The highest BCUT2D eigenvalue weighted by Crippen LogP contribution is 2.14. The summed E-state index contributed by atoms with van der Waals surface area (Å²) in [6, 6.07) is 7.56. The fourth-order valence-electron chi connectivity index (χ4n) is 3.54. The van der Waals surface area contributed by atoms with Gasteiger partial charge in [0.1, 0.15) is 5.75 Å². The molecule has 1 aliphatic heterocycles. The minimum absolute atomic E-state index is 0.346. The predicted molar refractivity (Wildman–Crippen MR) is 107 cm³/mol. The van der Waals surface area contributed by atoms with Gasteiger partial charge in [-0.05, 0) is 44.0 Å². The average molecular weight is 361 g/mol. The Bertz CT molecular complexity index is 507. The number of carbonyl (C=O) groups is 1. The number of carbonyl (C=O) groups excluding carboxylic acids is 1. The maximum atomic E-state index is 12.1. The van der Waals surface area contributed by atoms with Crippen molar-refractivity contribution in [3.8, 4) is 5.75 Å². The lowest BCUT2D eigenvalue weighted by atomic mass is 10.0. The Morgan fingerprint density at radius 3 is 2.00 bits per heavy atom. The van der Waals surface area contributed by atoms with Gasteiger partial charge in [-0.15, -0.1) is 0 Å². The van der Waals surface area contributed by atoms with Crippen LogP contribution in [0.5, 0.6) is 5.75 Å².